The Morgan fingerprint density at radius 3 is 2.82 bits per heavy atom. The molecule has 3 aromatic heterocycles. The smallest absolute Gasteiger partial charge is 0.255 e. The van der Waals surface area contributed by atoms with Gasteiger partial charge in [-0.3, -0.25) is 9.69 Å². The van der Waals surface area contributed by atoms with Gasteiger partial charge in [0.05, 0.1) is 16.8 Å². The fraction of sp³-hybridized carbons (Fsp3) is 0.238. The van der Waals surface area contributed by atoms with E-state index in [1.807, 2.05) is 6.07 Å². The average Bonchev–Trinajstić information content (AvgIpc) is 3.04. The van der Waals surface area contributed by atoms with Crippen molar-refractivity contribution in [2.24, 2.45) is 0 Å². The molecule has 0 amide bonds. The van der Waals surface area contributed by atoms with Gasteiger partial charge >= 0.3 is 0 Å². The summed E-state index contributed by atoms with van der Waals surface area (Å²) in [5, 5.41) is 1.25. The first kappa shape index (κ1) is 16.8. The number of benzene rings is 1. The van der Waals surface area contributed by atoms with Crippen molar-refractivity contribution in [3.8, 4) is 11.4 Å². The van der Waals surface area contributed by atoms with Crippen molar-refractivity contribution in [2.45, 2.75) is 26.4 Å². The molecule has 0 fully saturated rings. The molecule has 0 aliphatic carbocycles. The van der Waals surface area contributed by atoms with Crippen LogP contribution in [0.1, 0.15) is 22.5 Å². The molecule has 2 N–H and O–H groups in total. The third-order valence-electron chi connectivity index (χ3n) is 5.39. The van der Waals surface area contributed by atoms with Crippen LogP contribution >= 0.6 is 0 Å². The van der Waals surface area contributed by atoms with Crippen molar-refractivity contribution in [1.29, 1.82) is 0 Å². The first-order chi connectivity index (χ1) is 13.7. The zero-order valence-electron chi connectivity index (χ0n) is 15.6. The Morgan fingerprint density at radius 2 is 1.96 bits per heavy atom. The maximum atomic E-state index is 12.7. The SMILES string of the molecule is Cc1[nH]c2ccccc2c1CN1CCc2nc(-c3cncnc3)[nH]c(=O)c2C1. The van der Waals surface area contributed by atoms with Crippen LogP contribution in [0.25, 0.3) is 22.3 Å². The number of nitrogens with one attached hydrogen (secondary N) is 2. The average molecular weight is 372 g/mol. The monoisotopic (exact) mass is 372 g/mol. The predicted octanol–water partition coefficient (Wildman–Crippen LogP) is 2.57. The van der Waals surface area contributed by atoms with Crippen molar-refractivity contribution in [1.82, 2.24) is 29.8 Å². The molecule has 7 nitrogen and oxygen atoms in total. The van der Waals surface area contributed by atoms with Crippen LogP contribution in [-0.2, 0) is 19.5 Å². The molecule has 7 heteroatoms. The highest BCUT2D eigenvalue weighted by molar-refractivity contribution is 5.84. The quantitative estimate of drug-likeness (QED) is 0.577. The summed E-state index contributed by atoms with van der Waals surface area (Å²) >= 11 is 0. The Balaban J connectivity index is 1.44. The van der Waals surface area contributed by atoms with Gasteiger partial charge in [0.25, 0.3) is 5.56 Å². The van der Waals surface area contributed by atoms with Gasteiger partial charge < -0.3 is 9.97 Å². The van der Waals surface area contributed by atoms with Crippen molar-refractivity contribution in [3.05, 3.63) is 75.9 Å². The highest BCUT2D eigenvalue weighted by Gasteiger charge is 2.23. The lowest BCUT2D eigenvalue weighted by atomic mass is 10.0. The highest BCUT2D eigenvalue weighted by atomic mass is 16.1. The Labute approximate surface area is 161 Å². The molecule has 1 aromatic carbocycles. The van der Waals surface area contributed by atoms with Gasteiger partial charge in [-0.1, -0.05) is 18.2 Å². The van der Waals surface area contributed by atoms with Gasteiger partial charge in [0, 0.05) is 55.0 Å². The number of hydrogen-bond donors (Lipinski definition) is 2. The minimum atomic E-state index is -0.0794. The molecule has 1 aliphatic rings. The first-order valence-corrected chi connectivity index (χ1v) is 9.35. The van der Waals surface area contributed by atoms with E-state index in [-0.39, 0.29) is 5.56 Å². The van der Waals surface area contributed by atoms with Crippen LogP contribution in [0.15, 0.2) is 47.8 Å². The summed E-state index contributed by atoms with van der Waals surface area (Å²) in [6, 6.07) is 8.35. The molecule has 5 rings (SSSR count). The van der Waals surface area contributed by atoms with Crippen LogP contribution in [-0.4, -0.2) is 36.4 Å². The number of aromatic amines is 2. The maximum absolute atomic E-state index is 12.7. The summed E-state index contributed by atoms with van der Waals surface area (Å²) in [5.41, 5.74) is 5.89. The Bertz CT molecular complexity index is 1210. The Kier molecular flexibility index (Phi) is 4.02. The fourth-order valence-electron chi connectivity index (χ4n) is 3.94. The van der Waals surface area contributed by atoms with E-state index in [1.54, 1.807) is 12.4 Å². The largest absolute Gasteiger partial charge is 0.358 e. The standard InChI is InChI=1S/C21H20N6O/c1-13-16(15-4-2-3-5-18(15)24-13)10-27-7-6-19-17(11-27)21(28)26-20(25-19)14-8-22-12-23-9-14/h2-5,8-9,12,24H,6-7,10-11H2,1H3,(H,25,26,28). The van der Waals surface area contributed by atoms with Crippen LogP contribution in [0.4, 0.5) is 0 Å². The molecule has 0 atom stereocenters. The number of aryl methyl sites for hydroxylation is 1. The summed E-state index contributed by atoms with van der Waals surface area (Å²) in [5.74, 6) is 0.533. The molecular formula is C21H20N6O. The number of hydrogen-bond acceptors (Lipinski definition) is 5. The Hall–Kier alpha value is -3.32. The van der Waals surface area contributed by atoms with Crippen LogP contribution in [0, 0.1) is 6.92 Å². The minimum Gasteiger partial charge on any atom is -0.358 e. The number of fused-ring (bicyclic) bond motifs is 2. The van der Waals surface area contributed by atoms with Gasteiger partial charge in [-0.25, -0.2) is 15.0 Å². The van der Waals surface area contributed by atoms with Crippen LogP contribution < -0.4 is 5.56 Å². The van der Waals surface area contributed by atoms with Crippen molar-refractivity contribution in [3.63, 3.8) is 0 Å². The van der Waals surface area contributed by atoms with Gasteiger partial charge in [0.1, 0.15) is 12.2 Å². The lowest BCUT2D eigenvalue weighted by molar-refractivity contribution is 0.242. The molecule has 28 heavy (non-hydrogen) atoms. The van der Waals surface area contributed by atoms with Crippen LogP contribution in [0.3, 0.4) is 0 Å². The van der Waals surface area contributed by atoms with E-state index in [9.17, 15) is 4.79 Å². The maximum Gasteiger partial charge on any atom is 0.255 e. The lowest BCUT2D eigenvalue weighted by Gasteiger charge is -2.27. The zero-order chi connectivity index (χ0) is 19.1. The summed E-state index contributed by atoms with van der Waals surface area (Å²) in [7, 11) is 0. The molecule has 1 aliphatic heterocycles. The molecule has 0 spiro atoms. The number of aromatic nitrogens is 5. The molecule has 4 aromatic rings. The number of nitrogens with zero attached hydrogens (tertiary/aromatic N) is 4. The molecule has 140 valence electrons. The highest BCUT2D eigenvalue weighted by Crippen LogP contribution is 2.25. The third kappa shape index (κ3) is 2.90. The Morgan fingerprint density at radius 1 is 1.14 bits per heavy atom. The van der Waals surface area contributed by atoms with E-state index in [4.69, 9.17) is 0 Å². The van der Waals surface area contributed by atoms with E-state index in [0.29, 0.717) is 12.4 Å². The van der Waals surface area contributed by atoms with E-state index < -0.39 is 0 Å². The summed E-state index contributed by atoms with van der Waals surface area (Å²) in [6.45, 7) is 4.38. The fourth-order valence-corrected chi connectivity index (χ4v) is 3.94. The van der Waals surface area contributed by atoms with E-state index in [1.165, 1.54) is 23.0 Å². The van der Waals surface area contributed by atoms with E-state index >= 15 is 0 Å². The summed E-state index contributed by atoms with van der Waals surface area (Å²) in [6.07, 6.45) is 5.53. The van der Waals surface area contributed by atoms with Gasteiger partial charge in [-0.2, -0.15) is 0 Å². The van der Waals surface area contributed by atoms with Crippen LogP contribution in [0.2, 0.25) is 0 Å². The van der Waals surface area contributed by atoms with E-state index in [0.717, 1.165) is 41.8 Å². The van der Waals surface area contributed by atoms with Crippen molar-refractivity contribution in [2.75, 3.05) is 6.54 Å². The molecule has 0 saturated carbocycles. The molecule has 0 saturated heterocycles. The van der Waals surface area contributed by atoms with Crippen molar-refractivity contribution < 1.29 is 0 Å². The molecule has 0 radical (unpaired) electrons. The minimum absolute atomic E-state index is 0.0794. The normalized spacial score (nSPS) is 14.3. The second-order valence-electron chi connectivity index (χ2n) is 7.20. The van der Waals surface area contributed by atoms with Crippen molar-refractivity contribution >= 4 is 10.9 Å². The molecule has 0 unspecified atom stereocenters. The second-order valence-corrected chi connectivity index (χ2v) is 7.20. The number of rotatable bonds is 3. The summed E-state index contributed by atoms with van der Waals surface area (Å²) in [4.78, 5) is 34.1. The van der Waals surface area contributed by atoms with Gasteiger partial charge in [-0.05, 0) is 18.6 Å². The molecule has 4 heterocycles. The van der Waals surface area contributed by atoms with Gasteiger partial charge in [-0.15, -0.1) is 0 Å². The second kappa shape index (κ2) is 6.69. The zero-order valence-corrected chi connectivity index (χ0v) is 15.6. The number of H-pyrrole nitrogens is 2. The topological polar surface area (TPSA) is 90.6 Å². The predicted molar refractivity (Wildman–Crippen MR) is 107 cm³/mol. The van der Waals surface area contributed by atoms with Gasteiger partial charge in [0.2, 0.25) is 0 Å². The molecule has 0 bridgehead atoms. The number of para-hydroxylation sites is 1. The van der Waals surface area contributed by atoms with Crippen LogP contribution in [0.5, 0.6) is 0 Å². The first-order valence-electron chi connectivity index (χ1n) is 9.35. The van der Waals surface area contributed by atoms with Gasteiger partial charge in [0.15, 0.2) is 0 Å². The lowest BCUT2D eigenvalue weighted by Crippen LogP contribution is -2.35. The summed E-state index contributed by atoms with van der Waals surface area (Å²) < 4.78 is 0. The third-order valence-corrected chi connectivity index (χ3v) is 5.39. The molecular weight excluding hydrogens is 352 g/mol. The van der Waals surface area contributed by atoms with E-state index in [2.05, 4.69) is 54.9 Å².